The fourth-order valence-electron chi connectivity index (χ4n) is 2.66. The van der Waals surface area contributed by atoms with Crippen LogP contribution in [0.15, 0.2) is 17.2 Å². The second kappa shape index (κ2) is 5.12. The van der Waals surface area contributed by atoms with Gasteiger partial charge >= 0.3 is 0 Å². The number of nitrogens with zero attached hydrogens (tertiary/aromatic N) is 2. The van der Waals surface area contributed by atoms with Crippen molar-refractivity contribution in [2.45, 2.75) is 52.5 Å². The van der Waals surface area contributed by atoms with E-state index < -0.39 is 0 Å². The molecule has 0 saturated heterocycles. The van der Waals surface area contributed by atoms with Gasteiger partial charge in [0.05, 0.1) is 0 Å². The van der Waals surface area contributed by atoms with Crippen molar-refractivity contribution in [2.24, 2.45) is 5.41 Å². The SMILES string of the molecule is CC(C)n1ccnc(NCC2(C)CCCC2)c1=O. The smallest absolute Gasteiger partial charge is 0.293 e. The summed E-state index contributed by atoms with van der Waals surface area (Å²) >= 11 is 0. The van der Waals surface area contributed by atoms with Crippen LogP contribution >= 0.6 is 0 Å². The first-order valence-electron chi connectivity index (χ1n) is 6.83. The Morgan fingerprint density at radius 1 is 1.44 bits per heavy atom. The van der Waals surface area contributed by atoms with Crippen molar-refractivity contribution in [3.63, 3.8) is 0 Å². The lowest BCUT2D eigenvalue weighted by atomic mass is 9.89. The molecule has 4 heteroatoms. The van der Waals surface area contributed by atoms with E-state index in [0.717, 1.165) is 6.54 Å². The Labute approximate surface area is 108 Å². The van der Waals surface area contributed by atoms with Crippen molar-refractivity contribution in [1.82, 2.24) is 9.55 Å². The summed E-state index contributed by atoms with van der Waals surface area (Å²) in [5, 5.41) is 3.25. The van der Waals surface area contributed by atoms with E-state index in [-0.39, 0.29) is 11.6 Å². The summed E-state index contributed by atoms with van der Waals surface area (Å²) in [6, 6.07) is 0.170. The molecule has 0 amide bonds. The Hall–Kier alpha value is -1.32. The van der Waals surface area contributed by atoms with Crippen LogP contribution < -0.4 is 10.9 Å². The molecule has 18 heavy (non-hydrogen) atoms. The van der Waals surface area contributed by atoms with Crippen LogP contribution in [0.4, 0.5) is 5.82 Å². The van der Waals surface area contributed by atoms with E-state index in [2.05, 4.69) is 17.2 Å². The second-order valence-corrected chi connectivity index (χ2v) is 5.95. The van der Waals surface area contributed by atoms with Crippen molar-refractivity contribution >= 4 is 5.82 Å². The molecule has 1 aromatic rings. The molecule has 0 aromatic carbocycles. The molecule has 1 aromatic heterocycles. The highest BCUT2D eigenvalue weighted by molar-refractivity contribution is 5.31. The number of nitrogens with one attached hydrogen (secondary N) is 1. The zero-order valence-electron chi connectivity index (χ0n) is 11.6. The molecule has 100 valence electrons. The maximum absolute atomic E-state index is 12.2. The molecule has 2 rings (SSSR count). The van der Waals surface area contributed by atoms with Crippen molar-refractivity contribution in [3.8, 4) is 0 Å². The zero-order valence-corrected chi connectivity index (χ0v) is 11.6. The minimum absolute atomic E-state index is 0.0194. The van der Waals surface area contributed by atoms with E-state index in [0.29, 0.717) is 11.2 Å². The highest BCUT2D eigenvalue weighted by Gasteiger charge is 2.28. The Bertz CT molecular complexity index is 458. The fraction of sp³-hybridized carbons (Fsp3) is 0.714. The van der Waals surface area contributed by atoms with Gasteiger partial charge in [-0.1, -0.05) is 19.8 Å². The lowest BCUT2D eigenvalue weighted by Crippen LogP contribution is -2.30. The van der Waals surface area contributed by atoms with E-state index in [9.17, 15) is 4.79 Å². The van der Waals surface area contributed by atoms with E-state index in [1.54, 1.807) is 17.0 Å². The monoisotopic (exact) mass is 249 g/mol. The molecule has 1 saturated carbocycles. The lowest BCUT2D eigenvalue weighted by molar-refractivity contribution is 0.361. The summed E-state index contributed by atoms with van der Waals surface area (Å²) in [6.07, 6.45) is 8.53. The van der Waals surface area contributed by atoms with Crippen LogP contribution in [0.3, 0.4) is 0 Å². The Morgan fingerprint density at radius 2 is 2.11 bits per heavy atom. The Balaban J connectivity index is 2.10. The molecule has 0 radical (unpaired) electrons. The quantitative estimate of drug-likeness (QED) is 0.892. The van der Waals surface area contributed by atoms with Crippen LogP contribution in [0.5, 0.6) is 0 Å². The molecular weight excluding hydrogens is 226 g/mol. The summed E-state index contributed by atoms with van der Waals surface area (Å²) in [7, 11) is 0. The van der Waals surface area contributed by atoms with Crippen LogP contribution in [0.25, 0.3) is 0 Å². The average molecular weight is 249 g/mol. The minimum atomic E-state index is -0.0194. The third kappa shape index (κ3) is 2.74. The largest absolute Gasteiger partial charge is 0.365 e. The van der Waals surface area contributed by atoms with Gasteiger partial charge in [-0.15, -0.1) is 0 Å². The van der Waals surface area contributed by atoms with Crippen LogP contribution in [0.1, 0.15) is 52.5 Å². The van der Waals surface area contributed by atoms with E-state index >= 15 is 0 Å². The molecule has 1 aliphatic carbocycles. The van der Waals surface area contributed by atoms with Crippen molar-refractivity contribution in [3.05, 3.63) is 22.7 Å². The molecule has 0 unspecified atom stereocenters. The number of aromatic nitrogens is 2. The second-order valence-electron chi connectivity index (χ2n) is 5.95. The molecule has 1 heterocycles. The van der Waals surface area contributed by atoms with E-state index in [1.807, 2.05) is 13.8 Å². The molecular formula is C14H23N3O. The van der Waals surface area contributed by atoms with Gasteiger partial charge in [-0.3, -0.25) is 4.79 Å². The third-order valence-corrected chi connectivity index (χ3v) is 3.92. The average Bonchev–Trinajstić information content (AvgIpc) is 2.75. The molecule has 0 bridgehead atoms. The number of anilines is 1. The molecule has 0 spiro atoms. The minimum Gasteiger partial charge on any atom is -0.365 e. The number of hydrogen-bond donors (Lipinski definition) is 1. The van der Waals surface area contributed by atoms with Crippen LogP contribution in [0, 0.1) is 5.41 Å². The highest BCUT2D eigenvalue weighted by Crippen LogP contribution is 2.37. The molecule has 0 atom stereocenters. The highest BCUT2D eigenvalue weighted by atomic mass is 16.1. The molecule has 4 nitrogen and oxygen atoms in total. The first-order chi connectivity index (χ1) is 8.52. The summed E-state index contributed by atoms with van der Waals surface area (Å²) in [5.41, 5.74) is 0.307. The molecule has 1 N–H and O–H groups in total. The van der Waals surface area contributed by atoms with Gasteiger partial charge in [0.15, 0.2) is 5.82 Å². The fourth-order valence-corrected chi connectivity index (χ4v) is 2.66. The molecule has 1 fully saturated rings. The van der Waals surface area contributed by atoms with Crippen molar-refractivity contribution in [2.75, 3.05) is 11.9 Å². The Morgan fingerprint density at radius 3 is 2.72 bits per heavy atom. The standard InChI is InChI=1S/C14H23N3O/c1-11(2)17-9-8-15-12(13(17)18)16-10-14(3)6-4-5-7-14/h8-9,11H,4-7,10H2,1-3H3,(H,15,16). The molecule has 1 aliphatic rings. The van der Waals surface area contributed by atoms with Gasteiger partial charge in [0.1, 0.15) is 0 Å². The third-order valence-electron chi connectivity index (χ3n) is 3.92. The lowest BCUT2D eigenvalue weighted by Gasteiger charge is -2.24. The number of hydrogen-bond acceptors (Lipinski definition) is 3. The van der Waals surface area contributed by atoms with Gasteiger partial charge in [-0.2, -0.15) is 0 Å². The summed E-state index contributed by atoms with van der Waals surface area (Å²) in [6.45, 7) is 7.14. The zero-order chi connectivity index (χ0) is 13.2. The summed E-state index contributed by atoms with van der Waals surface area (Å²) < 4.78 is 1.71. The predicted octanol–water partition coefficient (Wildman–Crippen LogP) is 2.82. The molecule has 0 aliphatic heterocycles. The van der Waals surface area contributed by atoms with Gasteiger partial charge in [-0.25, -0.2) is 4.98 Å². The maximum atomic E-state index is 12.2. The normalized spacial score (nSPS) is 18.2. The van der Waals surface area contributed by atoms with Crippen LogP contribution in [-0.4, -0.2) is 16.1 Å². The first-order valence-corrected chi connectivity index (χ1v) is 6.83. The van der Waals surface area contributed by atoms with Crippen LogP contribution in [-0.2, 0) is 0 Å². The maximum Gasteiger partial charge on any atom is 0.293 e. The first kappa shape index (κ1) is 13.1. The number of rotatable bonds is 4. The van der Waals surface area contributed by atoms with Gasteiger partial charge in [0.2, 0.25) is 0 Å². The summed E-state index contributed by atoms with van der Waals surface area (Å²) in [5.74, 6) is 0.485. The van der Waals surface area contributed by atoms with E-state index in [1.165, 1.54) is 25.7 Å². The summed E-state index contributed by atoms with van der Waals surface area (Å²) in [4.78, 5) is 16.3. The van der Waals surface area contributed by atoms with Gasteiger partial charge in [0.25, 0.3) is 5.56 Å². The van der Waals surface area contributed by atoms with Gasteiger partial charge in [-0.05, 0) is 32.1 Å². The van der Waals surface area contributed by atoms with Crippen molar-refractivity contribution < 1.29 is 0 Å². The predicted molar refractivity (Wildman–Crippen MR) is 73.9 cm³/mol. The van der Waals surface area contributed by atoms with Gasteiger partial charge < -0.3 is 9.88 Å². The van der Waals surface area contributed by atoms with E-state index in [4.69, 9.17) is 0 Å². The van der Waals surface area contributed by atoms with Gasteiger partial charge in [0, 0.05) is 25.0 Å². The topological polar surface area (TPSA) is 46.9 Å². The van der Waals surface area contributed by atoms with Crippen LogP contribution in [0.2, 0.25) is 0 Å². The van der Waals surface area contributed by atoms with Crippen molar-refractivity contribution in [1.29, 1.82) is 0 Å². The Kier molecular flexibility index (Phi) is 3.73.